The summed E-state index contributed by atoms with van der Waals surface area (Å²) in [5.41, 5.74) is 1.61. The highest BCUT2D eigenvalue weighted by molar-refractivity contribution is 6.32. The molecular weight excluding hydrogens is 302 g/mol. The molecule has 5 nitrogen and oxygen atoms in total. The smallest absolute Gasteiger partial charge is 0.319 e. The van der Waals surface area contributed by atoms with Crippen molar-refractivity contribution in [1.82, 2.24) is 5.32 Å². The molecule has 1 atom stereocenters. The van der Waals surface area contributed by atoms with E-state index in [-0.39, 0.29) is 11.6 Å². The molecule has 0 radical (unpaired) electrons. The highest BCUT2D eigenvalue weighted by atomic mass is 35.5. The number of nitrogens with zero attached hydrogens (tertiary/aromatic N) is 1. The zero-order valence-electron chi connectivity index (χ0n) is 11.6. The predicted molar refractivity (Wildman–Crippen MR) is 84.6 cm³/mol. The van der Waals surface area contributed by atoms with Crippen LogP contribution < -0.4 is 10.6 Å². The largest absolute Gasteiger partial charge is 0.394 e. The molecular formula is C16H14ClN3O2. The zero-order chi connectivity index (χ0) is 15.9. The van der Waals surface area contributed by atoms with Crippen molar-refractivity contribution in [2.45, 2.75) is 6.04 Å². The minimum absolute atomic E-state index is 0.217. The molecule has 0 spiro atoms. The topological polar surface area (TPSA) is 85.2 Å². The zero-order valence-corrected chi connectivity index (χ0v) is 12.3. The van der Waals surface area contributed by atoms with Crippen LogP contribution in [0.3, 0.4) is 0 Å². The second kappa shape index (κ2) is 7.46. The molecule has 2 aromatic rings. The first-order valence-corrected chi connectivity index (χ1v) is 6.95. The molecule has 6 heteroatoms. The van der Waals surface area contributed by atoms with Crippen LogP contribution in [0.1, 0.15) is 17.2 Å². The molecule has 0 aromatic heterocycles. The molecule has 112 valence electrons. The van der Waals surface area contributed by atoms with Gasteiger partial charge in [-0.1, -0.05) is 41.9 Å². The SMILES string of the molecule is N#Cc1ccc(NC(=O)N[C@H](CO)c2ccccc2)cc1Cl. The van der Waals surface area contributed by atoms with E-state index < -0.39 is 12.1 Å². The fourth-order valence-electron chi connectivity index (χ4n) is 1.93. The van der Waals surface area contributed by atoms with Gasteiger partial charge in [0.05, 0.1) is 23.2 Å². The Morgan fingerprint density at radius 1 is 1.27 bits per heavy atom. The van der Waals surface area contributed by atoms with E-state index in [9.17, 15) is 9.90 Å². The third kappa shape index (κ3) is 3.98. The van der Waals surface area contributed by atoms with Crippen LogP contribution in [0.2, 0.25) is 5.02 Å². The summed E-state index contributed by atoms with van der Waals surface area (Å²) in [6, 6.07) is 14.7. The van der Waals surface area contributed by atoms with Crippen molar-refractivity contribution >= 4 is 23.3 Å². The molecule has 2 amide bonds. The summed E-state index contributed by atoms with van der Waals surface area (Å²) in [5.74, 6) is 0. The van der Waals surface area contributed by atoms with Gasteiger partial charge in [0.25, 0.3) is 0 Å². The van der Waals surface area contributed by atoms with Gasteiger partial charge in [0.15, 0.2) is 0 Å². The van der Waals surface area contributed by atoms with Crippen LogP contribution >= 0.6 is 11.6 Å². The van der Waals surface area contributed by atoms with Crippen LogP contribution in [-0.4, -0.2) is 17.7 Å². The number of anilines is 1. The highest BCUT2D eigenvalue weighted by Gasteiger charge is 2.13. The van der Waals surface area contributed by atoms with Crippen molar-refractivity contribution in [2.75, 3.05) is 11.9 Å². The van der Waals surface area contributed by atoms with Crippen molar-refractivity contribution in [1.29, 1.82) is 5.26 Å². The lowest BCUT2D eigenvalue weighted by atomic mass is 10.1. The Morgan fingerprint density at radius 3 is 2.59 bits per heavy atom. The third-order valence-electron chi connectivity index (χ3n) is 3.04. The molecule has 0 aliphatic carbocycles. The average molecular weight is 316 g/mol. The molecule has 0 fully saturated rings. The highest BCUT2D eigenvalue weighted by Crippen LogP contribution is 2.20. The maximum atomic E-state index is 12.0. The molecule has 0 bridgehead atoms. The number of carbonyl (C=O) groups excluding carboxylic acids is 1. The van der Waals surface area contributed by atoms with Crippen LogP contribution in [0.5, 0.6) is 0 Å². The molecule has 3 N–H and O–H groups in total. The summed E-state index contributed by atoms with van der Waals surface area (Å²) in [6.07, 6.45) is 0. The number of halogens is 1. The average Bonchev–Trinajstić information content (AvgIpc) is 2.53. The minimum Gasteiger partial charge on any atom is -0.394 e. The molecule has 0 aliphatic rings. The van der Waals surface area contributed by atoms with Gasteiger partial charge in [0.2, 0.25) is 0 Å². The summed E-state index contributed by atoms with van der Waals surface area (Å²) < 4.78 is 0. The summed E-state index contributed by atoms with van der Waals surface area (Å²) in [7, 11) is 0. The Balaban J connectivity index is 2.03. The Kier molecular flexibility index (Phi) is 5.37. The molecule has 0 aliphatic heterocycles. The Hall–Kier alpha value is -2.55. The monoisotopic (exact) mass is 315 g/mol. The number of hydrogen-bond acceptors (Lipinski definition) is 3. The number of urea groups is 1. The lowest BCUT2D eigenvalue weighted by Crippen LogP contribution is -2.34. The number of amides is 2. The van der Waals surface area contributed by atoms with Gasteiger partial charge in [0, 0.05) is 5.69 Å². The van der Waals surface area contributed by atoms with Crippen LogP contribution in [0, 0.1) is 11.3 Å². The van der Waals surface area contributed by atoms with E-state index in [1.165, 1.54) is 12.1 Å². The predicted octanol–water partition coefficient (Wildman–Crippen LogP) is 3.07. The summed E-state index contributed by atoms with van der Waals surface area (Å²) >= 11 is 5.91. The normalized spacial score (nSPS) is 11.3. The van der Waals surface area contributed by atoms with E-state index in [4.69, 9.17) is 16.9 Å². The lowest BCUT2D eigenvalue weighted by Gasteiger charge is -2.17. The van der Waals surface area contributed by atoms with Gasteiger partial charge in [-0.25, -0.2) is 4.79 Å². The Bertz CT molecular complexity index is 698. The first-order valence-electron chi connectivity index (χ1n) is 6.57. The van der Waals surface area contributed by atoms with E-state index in [0.717, 1.165) is 5.56 Å². The number of rotatable bonds is 4. The molecule has 0 unspecified atom stereocenters. The fourth-order valence-corrected chi connectivity index (χ4v) is 2.15. The van der Waals surface area contributed by atoms with Gasteiger partial charge >= 0.3 is 6.03 Å². The van der Waals surface area contributed by atoms with Crippen LogP contribution in [0.25, 0.3) is 0 Å². The second-order valence-corrected chi connectivity index (χ2v) is 4.96. The van der Waals surface area contributed by atoms with Crippen LogP contribution in [-0.2, 0) is 0 Å². The van der Waals surface area contributed by atoms with Gasteiger partial charge in [0.1, 0.15) is 6.07 Å². The fraction of sp³-hybridized carbons (Fsp3) is 0.125. The maximum Gasteiger partial charge on any atom is 0.319 e. The minimum atomic E-state index is -0.505. The number of hydrogen-bond donors (Lipinski definition) is 3. The Labute approximate surface area is 133 Å². The first kappa shape index (κ1) is 15.8. The summed E-state index contributed by atoms with van der Waals surface area (Å²) in [4.78, 5) is 12.0. The third-order valence-corrected chi connectivity index (χ3v) is 3.35. The molecule has 2 rings (SSSR count). The quantitative estimate of drug-likeness (QED) is 0.810. The molecule has 0 saturated heterocycles. The van der Waals surface area contributed by atoms with Crippen molar-refractivity contribution < 1.29 is 9.90 Å². The van der Waals surface area contributed by atoms with Crippen LogP contribution in [0.15, 0.2) is 48.5 Å². The van der Waals surface area contributed by atoms with Crippen molar-refractivity contribution in [3.63, 3.8) is 0 Å². The van der Waals surface area contributed by atoms with E-state index in [1.54, 1.807) is 6.07 Å². The van der Waals surface area contributed by atoms with E-state index in [2.05, 4.69) is 10.6 Å². The lowest BCUT2D eigenvalue weighted by molar-refractivity contribution is 0.225. The molecule has 0 heterocycles. The Morgan fingerprint density at radius 2 is 2.00 bits per heavy atom. The van der Waals surface area contributed by atoms with E-state index in [1.807, 2.05) is 36.4 Å². The summed E-state index contributed by atoms with van der Waals surface area (Å²) in [6.45, 7) is -0.217. The number of benzene rings is 2. The number of nitriles is 1. The number of aliphatic hydroxyl groups excluding tert-OH is 1. The van der Waals surface area contributed by atoms with E-state index >= 15 is 0 Å². The van der Waals surface area contributed by atoms with Gasteiger partial charge < -0.3 is 15.7 Å². The standard InChI is InChI=1S/C16H14ClN3O2/c17-14-8-13(7-6-12(14)9-18)19-16(22)20-15(10-21)11-4-2-1-3-5-11/h1-8,15,21H,10H2,(H2,19,20,22)/t15-/m1/s1. The number of carbonyl (C=O) groups is 1. The van der Waals surface area contributed by atoms with Crippen LogP contribution in [0.4, 0.5) is 10.5 Å². The molecule has 22 heavy (non-hydrogen) atoms. The van der Waals surface area contributed by atoms with Crippen molar-refractivity contribution in [2.24, 2.45) is 0 Å². The summed E-state index contributed by atoms with van der Waals surface area (Å²) in [5, 5.41) is 23.8. The number of nitrogens with one attached hydrogen (secondary N) is 2. The first-order chi connectivity index (χ1) is 10.6. The van der Waals surface area contributed by atoms with Gasteiger partial charge in [-0.2, -0.15) is 5.26 Å². The van der Waals surface area contributed by atoms with Crippen molar-refractivity contribution in [3.8, 4) is 6.07 Å². The van der Waals surface area contributed by atoms with Gasteiger partial charge in [-0.05, 0) is 23.8 Å². The van der Waals surface area contributed by atoms with Crippen molar-refractivity contribution in [3.05, 3.63) is 64.7 Å². The second-order valence-electron chi connectivity index (χ2n) is 4.55. The maximum absolute atomic E-state index is 12.0. The molecule has 0 saturated carbocycles. The van der Waals surface area contributed by atoms with Gasteiger partial charge in [-0.3, -0.25) is 0 Å². The molecule has 2 aromatic carbocycles. The van der Waals surface area contributed by atoms with E-state index in [0.29, 0.717) is 11.3 Å². The van der Waals surface area contributed by atoms with Gasteiger partial charge in [-0.15, -0.1) is 0 Å². The number of aliphatic hydroxyl groups is 1.